The van der Waals surface area contributed by atoms with Gasteiger partial charge in [-0.2, -0.15) is 0 Å². The molecular formula is C5H16NO4P. The van der Waals surface area contributed by atoms with Gasteiger partial charge in [0.1, 0.15) is 0 Å². The average molecular weight is 185 g/mol. The summed E-state index contributed by atoms with van der Waals surface area (Å²) in [5.41, 5.74) is -0.207. The van der Waals surface area contributed by atoms with Gasteiger partial charge in [-0.1, -0.05) is 20.8 Å². The van der Waals surface area contributed by atoms with Crippen molar-refractivity contribution >= 4 is 7.82 Å². The van der Waals surface area contributed by atoms with Crippen molar-refractivity contribution < 1.29 is 18.9 Å². The van der Waals surface area contributed by atoms with Gasteiger partial charge in [-0.25, -0.2) is 4.57 Å². The van der Waals surface area contributed by atoms with E-state index in [-0.39, 0.29) is 18.2 Å². The van der Waals surface area contributed by atoms with Crippen molar-refractivity contribution in [2.75, 3.05) is 6.61 Å². The minimum atomic E-state index is -4.26. The van der Waals surface area contributed by atoms with E-state index in [0.29, 0.717) is 0 Å². The summed E-state index contributed by atoms with van der Waals surface area (Å²) in [7, 11) is -4.26. The summed E-state index contributed by atoms with van der Waals surface area (Å²) in [5, 5.41) is 0. The fourth-order valence-corrected chi connectivity index (χ4v) is 0.833. The van der Waals surface area contributed by atoms with Crippen LogP contribution >= 0.6 is 7.82 Å². The smallest absolute Gasteiger partial charge is 0.344 e. The highest BCUT2D eigenvalue weighted by Gasteiger charge is 2.19. The van der Waals surface area contributed by atoms with E-state index in [2.05, 4.69) is 4.52 Å². The summed E-state index contributed by atoms with van der Waals surface area (Å²) in [6.07, 6.45) is 0. The van der Waals surface area contributed by atoms with E-state index in [1.807, 2.05) is 20.8 Å². The SMILES string of the molecule is CC(C)(C)COP(=O)(O)O.N. The molecule has 11 heavy (non-hydrogen) atoms. The summed E-state index contributed by atoms with van der Waals surface area (Å²) >= 11 is 0. The van der Waals surface area contributed by atoms with Crippen molar-refractivity contribution in [3.63, 3.8) is 0 Å². The minimum absolute atomic E-state index is 0. The van der Waals surface area contributed by atoms with Gasteiger partial charge in [0.05, 0.1) is 6.61 Å². The Bertz CT molecular complexity index is 147. The van der Waals surface area contributed by atoms with Gasteiger partial charge in [-0.05, 0) is 5.41 Å². The molecule has 0 radical (unpaired) electrons. The van der Waals surface area contributed by atoms with Crippen molar-refractivity contribution in [1.29, 1.82) is 0 Å². The molecule has 0 saturated carbocycles. The topological polar surface area (TPSA) is 102 Å². The quantitative estimate of drug-likeness (QED) is 0.563. The van der Waals surface area contributed by atoms with E-state index in [1.165, 1.54) is 0 Å². The van der Waals surface area contributed by atoms with Crippen LogP contribution in [0.5, 0.6) is 0 Å². The van der Waals surface area contributed by atoms with Gasteiger partial charge in [0.2, 0.25) is 0 Å². The first-order chi connectivity index (χ1) is 4.21. The maximum absolute atomic E-state index is 10.2. The molecule has 0 saturated heterocycles. The molecule has 0 amide bonds. The molecule has 0 aliphatic heterocycles. The second kappa shape index (κ2) is 4.18. The van der Waals surface area contributed by atoms with Crippen LogP contribution < -0.4 is 6.15 Å². The summed E-state index contributed by atoms with van der Waals surface area (Å²) in [4.78, 5) is 16.5. The van der Waals surface area contributed by atoms with Crippen LogP contribution in [0.3, 0.4) is 0 Å². The van der Waals surface area contributed by atoms with E-state index in [4.69, 9.17) is 9.79 Å². The van der Waals surface area contributed by atoms with E-state index < -0.39 is 7.82 Å². The van der Waals surface area contributed by atoms with Crippen molar-refractivity contribution in [1.82, 2.24) is 6.15 Å². The molecule has 6 heteroatoms. The first-order valence-corrected chi connectivity index (χ1v) is 4.44. The van der Waals surface area contributed by atoms with Crippen LogP contribution in [0.1, 0.15) is 20.8 Å². The molecule has 70 valence electrons. The van der Waals surface area contributed by atoms with Gasteiger partial charge in [-0.15, -0.1) is 0 Å². The summed E-state index contributed by atoms with van der Waals surface area (Å²) < 4.78 is 14.4. The zero-order valence-electron chi connectivity index (χ0n) is 7.07. The lowest BCUT2D eigenvalue weighted by Crippen LogP contribution is -2.13. The van der Waals surface area contributed by atoms with Gasteiger partial charge in [0.25, 0.3) is 0 Å². The molecule has 0 atom stereocenters. The summed E-state index contributed by atoms with van der Waals surface area (Å²) in [6.45, 7) is 5.57. The number of hydrogen-bond donors (Lipinski definition) is 3. The second-order valence-electron chi connectivity index (χ2n) is 3.32. The van der Waals surface area contributed by atoms with E-state index in [9.17, 15) is 4.57 Å². The molecule has 0 fully saturated rings. The largest absolute Gasteiger partial charge is 0.469 e. The number of hydrogen-bond acceptors (Lipinski definition) is 3. The van der Waals surface area contributed by atoms with Crippen LogP contribution in [0.15, 0.2) is 0 Å². The highest BCUT2D eigenvalue weighted by atomic mass is 31.2. The Morgan fingerprint density at radius 2 is 1.73 bits per heavy atom. The fourth-order valence-electron chi connectivity index (χ4n) is 0.278. The highest BCUT2D eigenvalue weighted by molar-refractivity contribution is 7.46. The first kappa shape index (κ1) is 13.6. The van der Waals surface area contributed by atoms with Crippen LogP contribution in [0.25, 0.3) is 0 Å². The molecule has 5 nitrogen and oxygen atoms in total. The van der Waals surface area contributed by atoms with Crippen LogP contribution in [-0.2, 0) is 9.09 Å². The van der Waals surface area contributed by atoms with Crippen molar-refractivity contribution in [3.05, 3.63) is 0 Å². The Kier molecular flexibility index (Phi) is 5.19. The standard InChI is InChI=1S/C5H13O4P.H3N/c1-5(2,3)4-9-10(6,7)8;/h4H2,1-3H3,(H2,6,7,8);1H3. The Labute approximate surface area is 66.6 Å². The normalized spacial score (nSPS) is 12.5. The lowest BCUT2D eigenvalue weighted by molar-refractivity contribution is 0.139. The Morgan fingerprint density at radius 1 is 1.36 bits per heavy atom. The Hall–Kier alpha value is 0.0700. The third-order valence-electron chi connectivity index (χ3n) is 0.666. The molecule has 0 heterocycles. The van der Waals surface area contributed by atoms with Crippen LogP contribution in [0.4, 0.5) is 0 Å². The molecule has 0 spiro atoms. The highest BCUT2D eigenvalue weighted by Crippen LogP contribution is 2.37. The van der Waals surface area contributed by atoms with E-state index in [0.717, 1.165) is 0 Å². The van der Waals surface area contributed by atoms with Gasteiger partial charge in [-0.3, -0.25) is 4.52 Å². The van der Waals surface area contributed by atoms with Gasteiger partial charge in [0.15, 0.2) is 0 Å². The third kappa shape index (κ3) is 13.1. The van der Waals surface area contributed by atoms with Gasteiger partial charge >= 0.3 is 7.82 Å². The zero-order chi connectivity index (χ0) is 8.41. The third-order valence-corrected chi connectivity index (χ3v) is 1.13. The second-order valence-corrected chi connectivity index (χ2v) is 4.56. The molecule has 5 N–H and O–H groups in total. The van der Waals surface area contributed by atoms with Crippen LogP contribution in [0, 0.1) is 5.41 Å². The maximum Gasteiger partial charge on any atom is 0.469 e. The fraction of sp³-hybridized carbons (Fsp3) is 1.00. The molecular weight excluding hydrogens is 169 g/mol. The van der Waals surface area contributed by atoms with Crippen LogP contribution in [0.2, 0.25) is 0 Å². The zero-order valence-corrected chi connectivity index (χ0v) is 7.97. The molecule has 0 aliphatic rings. The predicted octanol–water partition coefficient (Wildman–Crippen LogP) is 1.30. The predicted molar refractivity (Wildman–Crippen MR) is 42.5 cm³/mol. The first-order valence-electron chi connectivity index (χ1n) is 2.91. The lowest BCUT2D eigenvalue weighted by atomic mass is 9.99. The van der Waals surface area contributed by atoms with Crippen LogP contribution in [-0.4, -0.2) is 16.4 Å². The number of phosphoric ester groups is 1. The molecule has 0 rings (SSSR count). The van der Waals surface area contributed by atoms with Crippen molar-refractivity contribution in [3.8, 4) is 0 Å². The molecule has 0 bridgehead atoms. The van der Waals surface area contributed by atoms with Crippen molar-refractivity contribution in [2.24, 2.45) is 5.41 Å². The van der Waals surface area contributed by atoms with Crippen molar-refractivity contribution in [2.45, 2.75) is 20.8 Å². The lowest BCUT2D eigenvalue weighted by Gasteiger charge is -2.17. The molecule has 0 aromatic heterocycles. The maximum atomic E-state index is 10.2. The Balaban J connectivity index is 0. The number of rotatable bonds is 2. The van der Waals surface area contributed by atoms with E-state index in [1.54, 1.807) is 0 Å². The Morgan fingerprint density at radius 3 is 1.82 bits per heavy atom. The average Bonchev–Trinajstić information content (AvgIpc) is 1.57. The van der Waals surface area contributed by atoms with E-state index >= 15 is 0 Å². The number of phosphoric acid groups is 1. The molecule has 0 aliphatic carbocycles. The van der Waals surface area contributed by atoms with Gasteiger partial charge in [0, 0.05) is 0 Å². The van der Waals surface area contributed by atoms with Gasteiger partial charge < -0.3 is 15.9 Å². The summed E-state index contributed by atoms with van der Waals surface area (Å²) in [6, 6.07) is 0. The molecule has 0 aromatic carbocycles. The monoisotopic (exact) mass is 185 g/mol. The molecule has 0 aromatic rings. The minimum Gasteiger partial charge on any atom is -0.344 e. The summed E-state index contributed by atoms with van der Waals surface area (Å²) in [5.74, 6) is 0. The molecule has 0 unspecified atom stereocenters.